The number of imidazole rings is 1. The summed E-state index contributed by atoms with van der Waals surface area (Å²) in [5, 5.41) is 0. The molecule has 0 unspecified atom stereocenters. The maximum atomic E-state index is 13.1. The normalized spacial score (nSPS) is 11.5. The van der Waals surface area contributed by atoms with Crippen LogP contribution in [-0.2, 0) is 22.3 Å². The molecule has 1 aromatic heterocycles. The first-order valence-electron chi connectivity index (χ1n) is 7.43. The summed E-state index contributed by atoms with van der Waals surface area (Å²) in [6, 6.07) is 6.01. The number of benzene rings is 1. The first-order valence-corrected chi connectivity index (χ1v) is 7.43. The van der Waals surface area contributed by atoms with Gasteiger partial charge in [0.15, 0.2) is 0 Å². The first-order chi connectivity index (χ1) is 11.3. The van der Waals surface area contributed by atoms with Gasteiger partial charge in [-0.3, -0.25) is 20.4 Å². The maximum Gasteiger partial charge on any atom is 0.449 e. The summed E-state index contributed by atoms with van der Waals surface area (Å²) < 4.78 is 40.1. The Hall–Kier alpha value is -2.58. The highest BCUT2D eigenvalue weighted by molar-refractivity contribution is 5.83. The number of halogens is 3. The van der Waals surface area contributed by atoms with Crippen LogP contribution in [0, 0.1) is 0 Å². The van der Waals surface area contributed by atoms with Gasteiger partial charge in [0, 0.05) is 6.42 Å². The highest BCUT2D eigenvalue weighted by Gasteiger charge is 2.37. The lowest BCUT2D eigenvalue weighted by Crippen LogP contribution is -2.43. The summed E-state index contributed by atoms with van der Waals surface area (Å²) in [4.78, 5) is 26.8. The lowest BCUT2D eigenvalue weighted by molar-refractivity contribution is -0.147. The number of amides is 2. The molecule has 1 aromatic carbocycles. The standard InChI is InChI=1S/C15H17F3N4O2/c1-2-3-8-12(23)20-21-13(24)9-22-11-7-5-4-6-10(11)19-14(22)15(16,17)18/h4-7H,2-3,8-9H2,1H3,(H,20,23)(H,21,24). The number of fused-ring (bicyclic) bond motifs is 1. The number of rotatable bonds is 5. The van der Waals surface area contributed by atoms with Crippen molar-refractivity contribution in [2.45, 2.75) is 38.9 Å². The SMILES string of the molecule is CCCCC(=O)NNC(=O)Cn1c(C(F)(F)F)nc2ccccc21. The second kappa shape index (κ2) is 7.33. The van der Waals surface area contributed by atoms with E-state index in [1.165, 1.54) is 12.1 Å². The van der Waals surface area contributed by atoms with Crippen molar-refractivity contribution >= 4 is 22.8 Å². The minimum absolute atomic E-state index is 0.143. The van der Waals surface area contributed by atoms with E-state index < -0.39 is 30.4 Å². The van der Waals surface area contributed by atoms with E-state index >= 15 is 0 Å². The summed E-state index contributed by atoms with van der Waals surface area (Å²) in [6.07, 6.45) is -2.98. The summed E-state index contributed by atoms with van der Waals surface area (Å²) in [5.74, 6) is -2.32. The van der Waals surface area contributed by atoms with Gasteiger partial charge in [-0.15, -0.1) is 0 Å². The fourth-order valence-corrected chi connectivity index (χ4v) is 2.17. The molecule has 0 spiro atoms. The number of carbonyl (C=O) groups excluding carboxylic acids is 2. The summed E-state index contributed by atoms with van der Waals surface area (Å²) >= 11 is 0. The molecule has 0 aliphatic rings. The lowest BCUT2D eigenvalue weighted by atomic mass is 10.2. The van der Waals surface area contributed by atoms with E-state index in [9.17, 15) is 22.8 Å². The van der Waals surface area contributed by atoms with Crippen LogP contribution >= 0.6 is 0 Å². The second-order valence-corrected chi connectivity index (χ2v) is 5.21. The highest BCUT2D eigenvalue weighted by Crippen LogP contribution is 2.31. The van der Waals surface area contributed by atoms with E-state index in [1.807, 2.05) is 6.92 Å². The number of carbonyl (C=O) groups is 2. The molecule has 0 saturated carbocycles. The number of alkyl halides is 3. The minimum Gasteiger partial charge on any atom is -0.311 e. The van der Waals surface area contributed by atoms with Gasteiger partial charge in [-0.1, -0.05) is 25.5 Å². The Morgan fingerprint density at radius 1 is 1.17 bits per heavy atom. The van der Waals surface area contributed by atoms with Crippen molar-refractivity contribution in [1.29, 1.82) is 0 Å². The van der Waals surface area contributed by atoms with Crippen LogP contribution in [0.25, 0.3) is 11.0 Å². The van der Waals surface area contributed by atoms with E-state index in [0.717, 1.165) is 11.0 Å². The minimum atomic E-state index is -4.69. The Morgan fingerprint density at radius 2 is 1.83 bits per heavy atom. The van der Waals surface area contributed by atoms with Gasteiger partial charge in [0.25, 0.3) is 5.91 Å². The molecule has 0 atom stereocenters. The van der Waals surface area contributed by atoms with Gasteiger partial charge in [-0.2, -0.15) is 13.2 Å². The predicted octanol–water partition coefficient (Wildman–Crippen LogP) is 2.39. The van der Waals surface area contributed by atoms with Crippen LogP contribution < -0.4 is 10.9 Å². The lowest BCUT2D eigenvalue weighted by Gasteiger charge is -2.12. The van der Waals surface area contributed by atoms with Crippen LogP contribution in [0.4, 0.5) is 13.2 Å². The Labute approximate surface area is 136 Å². The zero-order valence-corrected chi connectivity index (χ0v) is 13.0. The third-order valence-corrected chi connectivity index (χ3v) is 3.31. The first kappa shape index (κ1) is 17.8. The summed E-state index contributed by atoms with van der Waals surface area (Å²) in [5.41, 5.74) is 4.64. The van der Waals surface area contributed by atoms with Crippen LogP contribution in [0.1, 0.15) is 32.0 Å². The molecule has 1 heterocycles. The highest BCUT2D eigenvalue weighted by atomic mass is 19.4. The molecule has 0 saturated heterocycles. The summed E-state index contributed by atoms with van der Waals surface area (Å²) in [7, 11) is 0. The van der Waals surface area contributed by atoms with Gasteiger partial charge in [0.2, 0.25) is 11.7 Å². The molecular weight excluding hydrogens is 325 g/mol. The molecule has 0 aliphatic heterocycles. The quantitative estimate of drug-likeness (QED) is 0.819. The number of para-hydroxylation sites is 2. The Morgan fingerprint density at radius 3 is 2.50 bits per heavy atom. The molecule has 130 valence electrons. The number of nitrogens with zero attached hydrogens (tertiary/aromatic N) is 2. The van der Waals surface area contributed by atoms with Gasteiger partial charge in [0.05, 0.1) is 11.0 Å². The third-order valence-electron chi connectivity index (χ3n) is 3.31. The van der Waals surface area contributed by atoms with E-state index in [2.05, 4.69) is 15.8 Å². The number of aromatic nitrogens is 2. The maximum absolute atomic E-state index is 13.1. The molecule has 0 aliphatic carbocycles. The number of hydrogen-bond acceptors (Lipinski definition) is 3. The van der Waals surface area contributed by atoms with E-state index in [4.69, 9.17) is 0 Å². The van der Waals surface area contributed by atoms with Crippen molar-refractivity contribution in [2.75, 3.05) is 0 Å². The van der Waals surface area contributed by atoms with Crippen LogP contribution in [0.15, 0.2) is 24.3 Å². The molecule has 2 rings (SSSR count). The van der Waals surface area contributed by atoms with Gasteiger partial charge >= 0.3 is 6.18 Å². The average molecular weight is 342 g/mol. The molecule has 2 aromatic rings. The zero-order chi connectivity index (χ0) is 17.7. The van der Waals surface area contributed by atoms with Crippen LogP contribution in [0.2, 0.25) is 0 Å². The Kier molecular flexibility index (Phi) is 5.42. The van der Waals surface area contributed by atoms with Gasteiger partial charge in [0.1, 0.15) is 6.54 Å². The number of hydrazine groups is 1. The van der Waals surface area contributed by atoms with Crippen LogP contribution in [0.3, 0.4) is 0 Å². The van der Waals surface area contributed by atoms with Gasteiger partial charge in [-0.05, 0) is 18.6 Å². The fraction of sp³-hybridized carbons (Fsp3) is 0.400. The van der Waals surface area contributed by atoms with Crippen molar-refractivity contribution in [3.63, 3.8) is 0 Å². The van der Waals surface area contributed by atoms with Gasteiger partial charge < -0.3 is 4.57 Å². The average Bonchev–Trinajstić information content (AvgIpc) is 2.90. The molecule has 2 amide bonds. The van der Waals surface area contributed by atoms with E-state index in [0.29, 0.717) is 6.42 Å². The van der Waals surface area contributed by atoms with Crippen molar-refractivity contribution in [1.82, 2.24) is 20.4 Å². The number of unbranched alkanes of at least 4 members (excludes halogenated alkanes) is 1. The van der Waals surface area contributed by atoms with Crippen LogP contribution in [0.5, 0.6) is 0 Å². The number of hydrogen-bond donors (Lipinski definition) is 2. The Bertz CT molecular complexity index is 740. The zero-order valence-electron chi connectivity index (χ0n) is 13.0. The van der Waals surface area contributed by atoms with Crippen molar-refractivity contribution in [3.05, 3.63) is 30.1 Å². The van der Waals surface area contributed by atoms with Crippen molar-refractivity contribution in [2.24, 2.45) is 0 Å². The molecule has 0 fully saturated rings. The Balaban J connectivity index is 2.14. The largest absolute Gasteiger partial charge is 0.449 e. The fourth-order valence-electron chi connectivity index (χ4n) is 2.17. The molecule has 2 N–H and O–H groups in total. The van der Waals surface area contributed by atoms with Crippen molar-refractivity contribution < 1.29 is 22.8 Å². The molecular formula is C15H17F3N4O2. The van der Waals surface area contributed by atoms with Crippen LogP contribution in [-0.4, -0.2) is 21.4 Å². The summed E-state index contributed by atoms with van der Waals surface area (Å²) in [6.45, 7) is 1.30. The predicted molar refractivity (Wildman–Crippen MR) is 80.5 cm³/mol. The number of nitrogens with one attached hydrogen (secondary N) is 2. The molecule has 0 radical (unpaired) electrons. The topological polar surface area (TPSA) is 76.0 Å². The van der Waals surface area contributed by atoms with Crippen molar-refractivity contribution in [3.8, 4) is 0 Å². The van der Waals surface area contributed by atoms with E-state index in [-0.39, 0.29) is 17.5 Å². The molecule has 9 heteroatoms. The monoisotopic (exact) mass is 342 g/mol. The molecule has 6 nitrogen and oxygen atoms in total. The third kappa shape index (κ3) is 4.24. The second-order valence-electron chi connectivity index (χ2n) is 5.21. The molecule has 24 heavy (non-hydrogen) atoms. The smallest absolute Gasteiger partial charge is 0.311 e. The van der Waals surface area contributed by atoms with Gasteiger partial charge in [-0.25, -0.2) is 4.98 Å². The molecule has 0 bridgehead atoms. The van der Waals surface area contributed by atoms with E-state index in [1.54, 1.807) is 12.1 Å².